The fraction of sp³-hybridized carbons (Fsp3) is 0.462. The zero-order valence-corrected chi connectivity index (χ0v) is 10.2. The number of methoxy groups -OCH3 is 1. The van der Waals surface area contributed by atoms with Crippen LogP contribution in [0.5, 0.6) is 0 Å². The van der Waals surface area contributed by atoms with Crippen molar-refractivity contribution in [3.8, 4) is 0 Å². The number of carbonyl (C=O) groups excluding carboxylic acids is 1. The smallest absolute Gasteiger partial charge is 0.337 e. The van der Waals surface area contributed by atoms with Crippen molar-refractivity contribution in [2.75, 3.05) is 7.11 Å². The van der Waals surface area contributed by atoms with Crippen molar-refractivity contribution in [1.29, 1.82) is 0 Å². The number of hydrogen-bond acceptors (Lipinski definition) is 3. The summed E-state index contributed by atoms with van der Waals surface area (Å²) in [4.78, 5) is 11.3. The maximum Gasteiger partial charge on any atom is 0.337 e. The van der Waals surface area contributed by atoms with Gasteiger partial charge in [0.15, 0.2) is 0 Å². The molecule has 0 atom stereocenters. The molecule has 1 aromatic rings. The quantitative estimate of drug-likeness (QED) is 0.738. The van der Waals surface area contributed by atoms with Crippen LogP contribution >= 0.6 is 0 Å². The van der Waals surface area contributed by atoms with Crippen molar-refractivity contribution in [2.45, 2.75) is 33.0 Å². The van der Waals surface area contributed by atoms with E-state index in [2.05, 4.69) is 4.74 Å². The fourth-order valence-corrected chi connectivity index (χ4v) is 1.21. The first-order valence-electron chi connectivity index (χ1n) is 5.23. The number of ether oxygens (including phenoxy) is 2. The lowest BCUT2D eigenvalue weighted by Crippen LogP contribution is -2.18. The molecule has 0 spiro atoms. The molecular weight excluding hydrogens is 204 g/mol. The fourth-order valence-electron chi connectivity index (χ4n) is 1.21. The molecule has 1 rings (SSSR count). The molecule has 0 unspecified atom stereocenters. The van der Waals surface area contributed by atoms with E-state index in [-0.39, 0.29) is 11.6 Å². The summed E-state index contributed by atoms with van der Waals surface area (Å²) in [7, 11) is 1.38. The lowest BCUT2D eigenvalue weighted by Gasteiger charge is -2.19. The van der Waals surface area contributed by atoms with Crippen LogP contribution in [-0.4, -0.2) is 18.7 Å². The zero-order chi connectivity index (χ0) is 12.2. The van der Waals surface area contributed by atoms with Crippen LogP contribution in [0.2, 0.25) is 0 Å². The van der Waals surface area contributed by atoms with Gasteiger partial charge in [0.1, 0.15) is 0 Å². The molecule has 0 saturated heterocycles. The molecular formula is C13H18O3. The topological polar surface area (TPSA) is 35.5 Å². The minimum absolute atomic E-state index is 0.179. The molecule has 16 heavy (non-hydrogen) atoms. The molecule has 0 aromatic heterocycles. The summed E-state index contributed by atoms with van der Waals surface area (Å²) in [5.74, 6) is -0.322. The first-order chi connectivity index (χ1) is 7.42. The van der Waals surface area contributed by atoms with Gasteiger partial charge in [-0.1, -0.05) is 12.1 Å². The maximum atomic E-state index is 11.3. The van der Waals surface area contributed by atoms with Gasteiger partial charge in [-0.15, -0.1) is 0 Å². The van der Waals surface area contributed by atoms with E-state index in [1.54, 1.807) is 12.1 Å². The van der Waals surface area contributed by atoms with E-state index in [0.717, 1.165) is 5.56 Å². The van der Waals surface area contributed by atoms with Crippen LogP contribution < -0.4 is 0 Å². The molecule has 3 heteroatoms. The Labute approximate surface area is 96.4 Å². The molecule has 0 fully saturated rings. The maximum absolute atomic E-state index is 11.3. The van der Waals surface area contributed by atoms with Gasteiger partial charge in [-0.2, -0.15) is 0 Å². The third-order valence-electron chi connectivity index (χ3n) is 2.02. The highest BCUT2D eigenvalue weighted by Crippen LogP contribution is 2.13. The summed E-state index contributed by atoms with van der Waals surface area (Å²) in [6, 6.07) is 7.27. The summed E-state index contributed by atoms with van der Waals surface area (Å²) in [5.41, 5.74) is 1.34. The van der Waals surface area contributed by atoms with Crippen molar-refractivity contribution in [1.82, 2.24) is 0 Å². The zero-order valence-electron chi connectivity index (χ0n) is 10.2. The first kappa shape index (κ1) is 12.7. The molecule has 88 valence electrons. The highest BCUT2D eigenvalue weighted by atomic mass is 16.5. The monoisotopic (exact) mass is 222 g/mol. The second kappa shape index (κ2) is 5.12. The number of rotatable bonds is 3. The lowest BCUT2D eigenvalue weighted by atomic mass is 10.1. The van der Waals surface area contributed by atoms with Crippen LogP contribution in [0.1, 0.15) is 36.7 Å². The van der Waals surface area contributed by atoms with Crippen molar-refractivity contribution >= 4 is 5.97 Å². The average molecular weight is 222 g/mol. The molecule has 0 radical (unpaired) electrons. The Balaban J connectivity index is 2.71. The van der Waals surface area contributed by atoms with Crippen LogP contribution in [0, 0.1) is 0 Å². The summed E-state index contributed by atoms with van der Waals surface area (Å²) >= 11 is 0. The number of esters is 1. The Morgan fingerprint density at radius 3 is 2.56 bits per heavy atom. The van der Waals surface area contributed by atoms with E-state index in [1.165, 1.54) is 7.11 Å². The highest BCUT2D eigenvalue weighted by molar-refractivity contribution is 5.89. The molecule has 0 heterocycles. The molecule has 0 saturated carbocycles. The summed E-state index contributed by atoms with van der Waals surface area (Å²) < 4.78 is 10.3. The highest BCUT2D eigenvalue weighted by Gasteiger charge is 2.11. The van der Waals surface area contributed by atoms with E-state index in [0.29, 0.717) is 12.2 Å². The standard InChI is InChI=1S/C13H18O3/c1-13(2,3)16-9-10-6-5-7-11(8-10)12(14)15-4/h5-8H,9H2,1-4H3. The molecule has 0 amide bonds. The van der Waals surface area contributed by atoms with Crippen molar-refractivity contribution in [3.63, 3.8) is 0 Å². The molecule has 0 aliphatic carbocycles. The molecule has 0 N–H and O–H groups in total. The Kier molecular flexibility index (Phi) is 4.07. The minimum atomic E-state index is -0.322. The molecule has 3 nitrogen and oxygen atoms in total. The Hall–Kier alpha value is -1.35. The van der Waals surface area contributed by atoms with E-state index in [4.69, 9.17) is 4.74 Å². The summed E-state index contributed by atoms with van der Waals surface area (Å²) in [6.07, 6.45) is 0. The predicted octanol–water partition coefficient (Wildman–Crippen LogP) is 2.79. The van der Waals surface area contributed by atoms with Gasteiger partial charge in [-0.05, 0) is 38.5 Å². The van der Waals surface area contributed by atoms with Crippen LogP contribution in [0.4, 0.5) is 0 Å². The van der Waals surface area contributed by atoms with Gasteiger partial charge in [0.05, 0.1) is 24.9 Å². The largest absolute Gasteiger partial charge is 0.465 e. The van der Waals surface area contributed by atoms with E-state index >= 15 is 0 Å². The lowest BCUT2D eigenvalue weighted by molar-refractivity contribution is -0.0149. The van der Waals surface area contributed by atoms with Gasteiger partial charge in [0.2, 0.25) is 0 Å². The number of benzene rings is 1. The molecule has 0 aliphatic heterocycles. The van der Waals surface area contributed by atoms with Gasteiger partial charge in [0, 0.05) is 0 Å². The third kappa shape index (κ3) is 4.03. The van der Waals surface area contributed by atoms with E-state index in [9.17, 15) is 4.79 Å². The van der Waals surface area contributed by atoms with Gasteiger partial charge < -0.3 is 9.47 Å². The minimum Gasteiger partial charge on any atom is -0.465 e. The van der Waals surface area contributed by atoms with Crippen LogP contribution in [0.3, 0.4) is 0 Å². The van der Waals surface area contributed by atoms with Gasteiger partial charge in [0.25, 0.3) is 0 Å². The SMILES string of the molecule is COC(=O)c1cccc(COC(C)(C)C)c1. The average Bonchev–Trinajstić information content (AvgIpc) is 2.25. The van der Waals surface area contributed by atoms with Gasteiger partial charge in [-0.25, -0.2) is 4.79 Å². The second-order valence-corrected chi connectivity index (χ2v) is 4.59. The molecule has 0 bridgehead atoms. The third-order valence-corrected chi connectivity index (χ3v) is 2.02. The van der Waals surface area contributed by atoms with Crippen LogP contribution in [-0.2, 0) is 16.1 Å². The van der Waals surface area contributed by atoms with E-state index < -0.39 is 0 Å². The van der Waals surface area contributed by atoms with Crippen molar-refractivity contribution < 1.29 is 14.3 Å². The summed E-state index contributed by atoms with van der Waals surface area (Å²) in [6.45, 7) is 6.49. The predicted molar refractivity (Wildman–Crippen MR) is 62.3 cm³/mol. The summed E-state index contributed by atoms with van der Waals surface area (Å²) in [5, 5.41) is 0. The number of hydrogen-bond donors (Lipinski definition) is 0. The van der Waals surface area contributed by atoms with Crippen LogP contribution in [0.25, 0.3) is 0 Å². The van der Waals surface area contributed by atoms with Gasteiger partial charge in [-0.3, -0.25) is 0 Å². The Morgan fingerprint density at radius 1 is 1.31 bits per heavy atom. The second-order valence-electron chi connectivity index (χ2n) is 4.59. The van der Waals surface area contributed by atoms with Crippen molar-refractivity contribution in [2.24, 2.45) is 0 Å². The number of carbonyl (C=O) groups is 1. The van der Waals surface area contributed by atoms with E-state index in [1.807, 2.05) is 32.9 Å². The Morgan fingerprint density at radius 2 is 2.00 bits per heavy atom. The normalized spacial score (nSPS) is 11.2. The van der Waals surface area contributed by atoms with Crippen molar-refractivity contribution in [3.05, 3.63) is 35.4 Å². The molecule has 0 aliphatic rings. The Bertz CT molecular complexity index is 364. The van der Waals surface area contributed by atoms with Crippen LogP contribution in [0.15, 0.2) is 24.3 Å². The molecule has 1 aromatic carbocycles. The first-order valence-corrected chi connectivity index (χ1v) is 5.23. The van der Waals surface area contributed by atoms with Gasteiger partial charge >= 0.3 is 5.97 Å².